The quantitative estimate of drug-likeness (QED) is 0.843. The highest BCUT2D eigenvalue weighted by Gasteiger charge is 2.33. The van der Waals surface area contributed by atoms with Crippen LogP contribution < -0.4 is 0 Å². The summed E-state index contributed by atoms with van der Waals surface area (Å²) in [5.41, 5.74) is 2.92. The Balaban J connectivity index is 1.53. The third-order valence-electron chi connectivity index (χ3n) is 5.05. The Bertz CT molecular complexity index is 744. The van der Waals surface area contributed by atoms with E-state index in [-0.39, 0.29) is 11.8 Å². The molecule has 6 nitrogen and oxygen atoms in total. The lowest BCUT2D eigenvalue weighted by molar-refractivity contribution is 0.0610. The second kappa shape index (κ2) is 6.09. The Hall–Kier alpha value is -2.08. The first-order valence-electron chi connectivity index (χ1n) is 8.62. The Morgan fingerprint density at radius 1 is 1.29 bits per heavy atom. The molecule has 1 atom stereocenters. The molecule has 0 radical (unpaired) electrons. The van der Waals surface area contributed by atoms with Crippen LogP contribution in [0.4, 0.5) is 0 Å². The molecule has 0 unspecified atom stereocenters. The van der Waals surface area contributed by atoms with Crippen LogP contribution >= 0.6 is 0 Å². The number of carbonyl (C=O) groups excluding carboxylic acids is 1. The van der Waals surface area contributed by atoms with Crippen molar-refractivity contribution in [3.63, 3.8) is 0 Å². The lowest BCUT2D eigenvalue weighted by Crippen LogP contribution is -2.40. The van der Waals surface area contributed by atoms with Gasteiger partial charge in [0.25, 0.3) is 5.91 Å². The SMILES string of the molecule is Cn1cccc1C(=O)N1Cc2ncn(C)c2[C@H](COCC2CC2)C1. The summed E-state index contributed by atoms with van der Waals surface area (Å²) in [6, 6.07) is 3.77. The van der Waals surface area contributed by atoms with E-state index in [0.29, 0.717) is 25.4 Å². The van der Waals surface area contributed by atoms with Gasteiger partial charge in [-0.05, 0) is 30.9 Å². The number of amides is 1. The Morgan fingerprint density at radius 2 is 2.12 bits per heavy atom. The number of rotatable bonds is 5. The zero-order valence-electron chi connectivity index (χ0n) is 14.3. The van der Waals surface area contributed by atoms with Crippen molar-refractivity contribution >= 4 is 5.91 Å². The van der Waals surface area contributed by atoms with Gasteiger partial charge in [-0.15, -0.1) is 0 Å². The van der Waals surface area contributed by atoms with Crippen molar-refractivity contribution in [1.29, 1.82) is 0 Å². The van der Waals surface area contributed by atoms with E-state index < -0.39 is 0 Å². The molecule has 2 aromatic heterocycles. The number of hydrogen-bond acceptors (Lipinski definition) is 3. The standard InChI is InChI=1S/C18H24N4O2/c1-20-7-3-4-16(20)18(23)22-8-14(11-24-10-13-5-6-13)17-15(9-22)19-12-21(17)2/h3-4,7,12-14H,5-6,8-11H2,1-2H3/t14-/m0/s1. The number of nitrogens with zero attached hydrogens (tertiary/aromatic N) is 4. The second-order valence-corrected chi connectivity index (χ2v) is 7.06. The number of hydrogen-bond donors (Lipinski definition) is 0. The van der Waals surface area contributed by atoms with Crippen LogP contribution in [0.2, 0.25) is 0 Å². The number of fused-ring (bicyclic) bond motifs is 1. The van der Waals surface area contributed by atoms with Crippen LogP contribution in [-0.4, -0.2) is 44.7 Å². The molecule has 6 heteroatoms. The zero-order chi connectivity index (χ0) is 16.7. The topological polar surface area (TPSA) is 52.3 Å². The van der Waals surface area contributed by atoms with Gasteiger partial charge in [-0.25, -0.2) is 4.98 Å². The molecule has 24 heavy (non-hydrogen) atoms. The Morgan fingerprint density at radius 3 is 2.83 bits per heavy atom. The first kappa shape index (κ1) is 15.4. The molecular weight excluding hydrogens is 304 g/mol. The highest BCUT2D eigenvalue weighted by molar-refractivity contribution is 5.92. The normalized spacial score (nSPS) is 20.2. The molecule has 2 aliphatic rings. The van der Waals surface area contributed by atoms with Gasteiger partial charge in [-0.2, -0.15) is 0 Å². The molecule has 128 valence electrons. The molecule has 0 N–H and O–H groups in total. The third-order valence-corrected chi connectivity index (χ3v) is 5.05. The molecule has 0 bridgehead atoms. The summed E-state index contributed by atoms with van der Waals surface area (Å²) in [5, 5.41) is 0. The van der Waals surface area contributed by atoms with Crippen molar-refractivity contribution in [2.45, 2.75) is 25.3 Å². The fourth-order valence-corrected chi connectivity index (χ4v) is 3.52. The third kappa shape index (κ3) is 2.86. The smallest absolute Gasteiger partial charge is 0.270 e. The molecule has 1 amide bonds. The van der Waals surface area contributed by atoms with Gasteiger partial charge >= 0.3 is 0 Å². The molecule has 1 fully saturated rings. The maximum atomic E-state index is 12.9. The van der Waals surface area contributed by atoms with Crippen molar-refractivity contribution in [1.82, 2.24) is 19.0 Å². The van der Waals surface area contributed by atoms with E-state index in [0.717, 1.165) is 18.2 Å². The van der Waals surface area contributed by atoms with Crippen LogP contribution in [0.3, 0.4) is 0 Å². The van der Waals surface area contributed by atoms with Crippen LogP contribution in [0, 0.1) is 5.92 Å². The number of carbonyl (C=O) groups is 1. The van der Waals surface area contributed by atoms with E-state index in [1.807, 2.05) is 48.2 Å². The molecule has 3 heterocycles. The number of aromatic nitrogens is 3. The van der Waals surface area contributed by atoms with Crippen LogP contribution in [0.5, 0.6) is 0 Å². The van der Waals surface area contributed by atoms with Crippen LogP contribution in [0.15, 0.2) is 24.7 Å². The van der Waals surface area contributed by atoms with Crippen LogP contribution in [-0.2, 0) is 25.4 Å². The first-order valence-corrected chi connectivity index (χ1v) is 8.62. The fraction of sp³-hybridized carbons (Fsp3) is 0.556. The summed E-state index contributed by atoms with van der Waals surface area (Å²) in [6.07, 6.45) is 6.33. The molecule has 0 aromatic carbocycles. The Kier molecular flexibility index (Phi) is 3.92. The van der Waals surface area contributed by atoms with Gasteiger partial charge in [-0.1, -0.05) is 0 Å². The maximum absolute atomic E-state index is 12.9. The molecule has 1 saturated carbocycles. The predicted molar refractivity (Wildman–Crippen MR) is 89.6 cm³/mol. The van der Waals surface area contributed by atoms with Gasteiger partial charge in [0.1, 0.15) is 5.69 Å². The van der Waals surface area contributed by atoms with Gasteiger partial charge < -0.3 is 18.8 Å². The first-order chi connectivity index (χ1) is 11.6. The van der Waals surface area contributed by atoms with E-state index in [1.54, 1.807) is 0 Å². The molecule has 1 aliphatic heterocycles. The molecule has 0 saturated heterocycles. The summed E-state index contributed by atoms with van der Waals surface area (Å²) < 4.78 is 9.88. The average molecular weight is 328 g/mol. The minimum absolute atomic E-state index is 0.0611. The van der Waals surface area contributed by atoms with Gasteiger partial charge in [0.05, 0.1) is 25.2 Å². The van der Waals surface area contributed by atoms with E-state index >= 15 is 0 Å². The second-order valence-electron chi connectivity index (χ2n) is 7.06. The Labute approximate surface area is 142 Å². The number of aryl methyl sites for hydroxylation is 2. The van der Waals surface area contributed by atoms with E-state index in [9.17, 15) is 4.79 Å². The summed E-state index contributed by atoms with van der Waals surface area (Å²) in [5.74, 6) is 0.996. The van der Waals surface area contributed by atoms with Crippen LogP contribution in [0.1, 0.15) is 40.6 Å². The summed E-state index contributed by atoms with van der Waals surface area (Å²) in [7, 11) is 3.92. The summed E-state index contributed by atoms with van der Waals surface area (Å²) >= 11 is 0. The average Bonchev–Trinajstić information content (AvgIpc) is 3.18. The fourth-order valence-electron chi connectivity index (χ4n) is 3.52. The van der Waals surface area contributed by atoms with Gasteiger partial charge in [0.2, 0.25) is 0 Å². The molecular formula is C18H24N4O2. The highest BCUT2D eigenvalue weighted by Crippen LogP contribution is 2.31. The maximum Gasteiger partial charge on any atom is 0.270 e. The minimum Gasteiger partial charge on any atom is -0.380 e. The van der Waals surface area contributed by atoms with E-state index in [2.05, 4.69) is 9.55 Å². The molecule has 4 rings (SSSR count). The molecule has 0 spiro atoms. The van der Waals surface area contributed by atoms with Gasteiger partial charge in [-0.3, -0.25) is 4.79 Å². The number of imidazole rings is 1. The van der Waals surface area contributed by atoms with Crippen molar-refractivity contribution in [2.75, 3.05) is 19.8 Å². The van der Waals surface area contributed by atoms with Crippen molar-refractivity contribution < 1.29 is 9.53 Å². The lowest BCUT2D eigenvalue weighted by Gasteiger charge is -2.33. The monoisotopic (exact) mass is 328 g/mol. The lowest BCUT2D eigenvalue weighted by atomic mass is 9.98. The van der Waals surface area contributed by atoms with Crippen molar-refractivity contribution in [3.05, 3.63) is 41.7 Å². The molecule has 1 aliphatic carbocycles. The predicted octanol–water partition coefficient (Wildman–Crippen LogP) is 1.92. The molecule has 2 aromatic rings. The summed E-state index contributed by atoms with van der Waals surface area (Å²) in [4.78, 5) is 19.3. The van der Waals surface area contributed by atoms with Crippen molar-refractivity contribution in [3.8, 4) is 0 Å². The van der Waals surface area contributed by atoms with Crippen LogP contribution in [0.25, 0.3) is 0 Å². The number of ether oxygens (including phenoxy) is 1. The summed E-state index contributed by atoms with van der Waals surface area (Å²) in [6.45, 7) is 2.75. The highest BCUT2D eigenvalue weighted by atomic mass is 16.5. The largest absolute Gasteiger partial charge is 0.380 e. The van der Waals surface area contributed by atoms with Gasteiger partial charge in [0.15, 0.2) is 0 Å². The zero-order valence-corrected chi connectivity index (χ0v) is 14.3. The minimum atomic E-state index is 0.0611. The van der Waals surface area contributed by atoms with Crippen molar-refractivity contribution in [2.24, 2.45) is 20.0 Å². The van der Waals surface area contributed by atoms with E-state index in [4.69, 9.17) is 4.74 Å². The van der Waals surface area contributed by atoms with Gasteiger partial charge in [0, 0.05) is 45.1 Å². The van der Waals surface area contributed by atoms with E-state index in [1.165, 1.54) is 18.5 Å².